The number of aromatic nitrogens is 2. The highest BCUT2D eigenvalue weighted by Gasteiger charge is 2.23. The summed E-state index contributed by atoms with van der Waals surface area (Å²) in [4.78, 5) is 11.6. The Balaban J connectivity index is 2.07. The van der Waals surface area contributed by atoms with Crippen molar-refractivity contribution in [2.24, 2.45) is 5.92 Å². The first-order valence-electron chi connectivity index (χ1n) is 7.99. The lowest BCUT2D eigenvalue weighted by molar-refractivity contribution is 0.344. The van der Waals surface area contributed by atoms with Gasteiger partial charge in [-0.15, -0.1) is 0 Å². The van der Waals surface area contributed by atoms with E-state index in [0.717, 1.165) is 31.8 Å². The van der Waals surface area contributed by atoms with Crippen LogP contribution in [0.25, 0.3) is 0 Å². The van der Waals surface area contributed by atoms with Crippen molar-refractivity contribution in [3.63, 3.8) is 0 Å². The molecule has 1 atom stereocenters. The molecule has 4 nitrogen and oxygen atoms in total. The van der Waals surface area contributed by atoms with Crippen molar-refractivity contribution in [3.8, 4) is 0 Å². The van der Waals surface area contributed by atoms with Crippen LogP contribution in [0.1, 0.15) is 50.0 Å². The summed E-state index contributed by atoms with van der Waals surface area (Å²) in [6.45, 7) is 10.7. The first kappa shape index (κ1) is 16.4. The molecule has 0 saturated heterocycles. The summed E-state index contributed by atoms with van der Waals surface area (Å²) in [7, 11) is 4.12. The molecule has 0 radical (unpaired) electrons. The molecule has 1 unspecified atom stereocenters. The van der Waals surface area contributed by atoms with Crippen LogP contribution in [0.5, 0.6) is 0 Å². The molecule has 0 saturated carbocycles. The molecule has 1 aliphatic rings. The van der Waals surface area contributed by atoms with E-state index in [4.69, 9.17) is 9.97 Å². The third-order valence-electron chi connectivity index (χ3n) is 4.01. The molecule has 0 spiro atoms. The summed E-state index contributed by atoms with van der Waals surface area (Å²) in [5, 5.41) is 3.63. The fourth-order valence-electron chi connectivity index (χ4n) is 2.90. The number of nitrogens with zero attached hydrogens (tertiary/aromatic N) is 3. The Hall–Kier alpha value is -1.00. The Morgan fingerprint density at radius 1 is 1.24 bits per heavy atom. The van der Waals surface area contributed by atoms with Gasteiger partial charge in [0.2, 0.25) is 0 Å². The van der Waals surface area contributed by atoms with E-state index in [0.29, 0.717) is 5.92 Å². The van der Waals surface area contributed by atoms with Crippen molar-refractivity contribution in [1.29, 1.82) is 0 Å². The van der Waals surface area contributed by atoms with Gasteiger partial charge in [-0.25, -0.2) is 9.97 Å². The molecule has 0 amide bonds. The molecule has 118 valence electrons. The van der Waals surface area contributed by atoms with Gasteiger partial charge in [-0.3, -0.25) is 0 Å². The average Bonchev–Trinajstić information content (AvgIpc) is 2.35. The monoisotopic (exact) mass is 290 g/mol. The Morgan fingerprint density at radius 3 is 2.57 bits per heavy atom. The molecule has 1 heterocycles. The number of aryl methyl sites for hydroxylation is 2. The smallest absolute Gasteiger partial charge is 0.142 e. The molecule has 21 heavy (non-hydrogen) atoms. The van der Waals surface area contributed by atoms with Gasteiger partial charge in [-0.05, 0) is 79.1 Å². The Kier molecular flexibility index (Phi) is 4.99. The van der Waals surface area contributed by atoms with Crippen molar-refractivity contribution in [1.82, 2.24) is 20.2 Å². The van der Waals surface area contributed by atoms with Crippen molar-refractivity contribution < 1.29 is 0 Å². The zero-order valence-corrected chi connectivity index (χ0v) is 14.5. The van der Waals surface area contributed by atoms with Crippen molar-refractivity contribution in [2.75, 3.05) is 20.6 Å². The molecule has 0 aromatic carbocycles. The van der Waals surface area contributed by atoms with Crippen molar-refractivity contribution >= 4 is 0 Å². The topological polar surface area (TPSA) is 41.1 Å². The summed E-state index contributed by atoms with van der Waals surface area (Å²) in [5.41, 5.74) is 4.05. The highest BCUT2D eigenvalue weighted by Crippen LogP contribution is 2.26. The first-order chi connectivity index (χ1) is 9.74. The molecule has 1 N–H and O–H groups in total. The first-order valence-corrected chi connectivity index (χ1v) is 7.99. The lowest BCUT2D eigenvalue weighted by atomic mass is 9.85. The molecule has 2 rings (SSSR count). The van der Waals surface area contributed by atoms with E-state index in [1.165, 1.54) is 23.4 Å². The van der Waals surface area contributed by atoms with E-state index in [1.807, 2.05) is 0 Å². The van der Waals surface area contributed by atoms with E-state index in [9.17, 15) is 0 Å². The van der Waals surface area contributed by atoms with Crippen LogP contribution in [0.15, 0.2) is 0 Å². The van der Waals surface area contributed by atoms with Gasteiger partial charge in [0.1, 0.15) is 5.82 Å². The summed E-state index contributed by atoms with van der Waals surface area (Å²) < 4.78 is 0. The molecule has 0 fully saturated rings. The van der Waals surface area contributed by atoms with Gasteiger partial charge < -0.3 is 10.2 Å². The van der Waals surface area contributed by atoms with Gasteiger partial charge in [0.25, 0.3) is 0 Å². The SMILES string of the molecule is Cc1nc(CN(C)C)nc2c1CC(CNC(C)(C)C)CC2. The van der Waals surface area contributed by atoms with Crippen LogP contribution >= 0.6 is 0 Å². The quantitative estimate of drug-likeness (QED) is 0.924. The van der Waals surface area contributed by atoms with Gasteiger partial charge in [-0.1, -0.05) is 0 Å². The van der Waals surface area contributed by atoms with Crippen LogP contribution < -0.4 is 5.32 Å². The third-order valence-corrected chi connectivity index (χ3v) is 4.01. The number of nitrogens with one attached hydrogen (secondary N) is 1. The molecular weight excluding hydrogens is 260 g/mol. The van der Waals surface area contributed by atoms with Crippen LogP contribution in [0.4, 0.5) is 0 Å². The Bertz CT molecular complexity index is 488. The van der Waals surface area contributed by atoms with E-state index < -0.39 is 0 Å². The minimum absolute atomic E-state index is 0.196. The van der Waals surface area contributed by atoms with E-state index in [-0.39, 0.29) is 5.54 Å². The van der Waals surface area contributed by atoms with Crippen LogP contribution in [0.2, 0.25) is 0 Å². The Morgan fingerprint density at radius 2 is 1.95 bits per heavy atom. The molecule has 1 aromatic heterocycles. The van der Waals surface area contributed by atoms with E-state index in [1.54, 1.807) is 0 Å². The fourth-order valence-corrected chi connectivity index (χ4v) is 2.90. The average molecular weight is 290 g/mol. The van der Waals surface area contributed by atoms with Crippen LogP contribution in [-0.4, -0.2) is 41.0 Å². The number of hydrogen-bond acceptors (Lipinski definition) is 4. The van der Waals surface area contributed by atoms with E-state index in [2.05, 4.69) is 52.0 Å². The van der Waals surface area contributed by atoms with Crippen LogP contribution in [-0.2, 0) is 19.4 Å². The maximum absolute atomic E-state index is 4.78. The minimum atomic E-state index is 0.196. The predicted octanol–water partition coefficient (Wildman–Crippen LogP) is 2.34. The fraction of sp³-hybridized carbons (Fsp3) is 0.765. The Labute approximate surface area is 129 Å². The second kappa shape index (κ2) is 6.41. The third kappa shape index (κ3) is 4.75. The largest absolute Gasteiger partial charge is 0.312 e. The highest BCUT2D eigenvalue weighted by molar-refractivity contribution is 5.28. The summed E-state index contributed by atoms with van der Waals surface area (Å²) in [6.07, 6.45) is 3.44. The van der Waals surface area contributed by atoms with E-state index >= 15 is 0 Å². The molecule has 0 bridgehead atoms. The molecule has 4 heteroatoms. The number of fused-ring (bicyclic) bond motifs is 1. The van der Waals surface area contributed by atoms with Crippen LogP contribution in [0.3, 0.4) is 0 Å². The predicted molar refractivity (Wildman–Crippen MR) is 87.4 cm³/mol. The summed E-state index contributed by atoms with van der Waals surface area (Å²) in [6, 6.07) is 0. The van der Waals surface area contributed by atoms with Gasteiger partial charge in [0.15, 0.2) is 0 Å². The highest BCUT2D eigenvalue weighted by atomic mass is 15.1. The van der Waals surface area contributed by atoms with Gasteiger partial charge in [0, 0.05) is 16.9 Å². The molecular formula is C17H30N4. The number of hydrogen-bond donors (Lipinski definition) is 1. The zero-order valence-electron chi connectivity index (χ0n) is 14.5. The maximum atomic E-state index is 4.78. The normalized spacial score (nSPS) is 18.9. The summed E-state index contributed by atoms with van der Waals surface area (Å²) in [5.74, 6) is 1.67. The lowest BCUT2D eigenvalue weighted by Crippen LogP contribution is -2.40. The van der Waals surface area contributed by atoms with Crippen LogP contribution in [0, 0.1) is 12.8 Å². The maximum Gasteiger partial charge on any atom is 0.142 e. The lowest BCUT2D eigenvalue weighted by Gasteiger charge is -2.29. The molecule has 0 aliphatic heterocycles. The zero-order chi connectivity index (χ0) is 15.6. The van der Waals surface area contributed by atoms with Crippen molar-refractivity contribution in [2.45, 2.75) is 59.0 Å². The van der Waals surface area contributed by atoms with Gasteiger partial charge in [0.05, 0.1) is 6.54 Å². The second-order valence-corrected chi connectivity index (χ2v) is 7.63. The molecule has 1 aliphatic carbocycles. The number of rotatable bonds is 4. The standard InChI is InChI=1S/C17H30N4/c1-12-14-9-13(10-18-17(2,3)4)7-8-15(14)20-16(19-12)11-21(5)6/h13,18H,7-11H2,1-6H3. The van der Waals surface area contributed by atoms with Crippen molar-refractivity contribution in [3.05, 3.63) is 22.8 Å². The second-order valence-electron chi connectivity index (χ2n) is 7.63. The van der Waals surface area contributed by atoms with Gasteiger partial charge >= 0.3 is 0 Å². The molecule has 1 aromatic rings. The summed E-state index contributed by atoms with van der Waals surface area (Å²) >= 11 is 0. The van der Waals surface area contributed by atoms with Gasteiger partial charge in [-0.2, -0.15) is 0 Å². The minimum Gasteiger partial charge on any atom is -0.312 e.